The van der Waals surface area contributed by atoms with E-state index in [-0.39, 0.29) is 28.7 Å². The number of rotatable bonds is 4. The molecule has 0 N–H and O–H groups in total. The molecule has 1 spiro atoms. The first-order valence-corrected chi connectivity index (χ1v) is 11.1. The molecule has 0 aromatic heterocycles. The summed E-state index contributed by atoms with van der Waals surface area (Å²) < 4.78 is 24.6. The van der Waals surface area contributed by atoms with Crippen LogP contribution >= 0.6 is 0 Å². The van der Waals surface area contributed by atoms with Crippen LogP contribution in [-0.2, 0) is 14.4 Å². The second-order valence-corrected chi connectivity index (χ2v) is 9.03. The third-order valence-electron chi connectivity index (χ3n) is 7.02. The number of hydrogen-bond donors (Lipinski definition) is 0. The topological polar surface area (TPSA) is 72.9 Å². The minimum atomic E-state index is -0.950. The number of ketones is 2. The summed E-state index contributed by atoms with van der Waals surface area (Å²) in [5.74, 6) is -0.774. The first-order valence-electron chi connectivity index (χ1n) is 11.1. The van der Waals surface area contributed by atoms with Gasteiger partial charge in [-0.2, -0.15) is 0 Å². The van der Waals surface area contributed by atoms with E-state index in [0.717, 1.165) is 11.1 Å². The van der Waals surface area contributed by atoms with Crippen LogP contribution in [0.1, 0.15) is 44.1 Å². The third kappa shape index (κ3) is 4.36. The first-order chi connectivity index (χ1) is 15.8. The van der Waals surface area contributed by atoms with Crippen molar-refractivity contribution in [1.29, 1.82) is 0 Å². The number of Topliss-reactive ketones (excluding diaryl/α,β-unsaturated/α-hetero) is 2. The van der Waals surface area contributed by atoms with Crippen molar-refractivity contribution in [3.63, 3.8) is 0 Å². The number of ether oxygens (including phenoxy) is 2. The van der Waals surface area contributed by atoms with E-state index in [1.54, 1.807) is 36.1 Å². The lowest BCUT2D eigenvalue weighted by Crippen LogP contribution is -2.47. The number of amides is 1. The van der Waals surface area contributed by atoms with E-state index in [0.29, 0.717) is 55.8 Å². The zero-order valence-corrected chi connectivity index (χ0v) is 19.2. The molecule has 2 aliphatic rings. The lowest BCUT2D eigenvalue weighted by molar-refractivity contribution is -0.139. The van der Waals surface area contributed by atoms with E-state index in [1.165, 1.54) is 26.4 Å². The minimum absolute atomic E-state index is 0.0203. The molecule has 7 heteroatoms. The van der Waals surface area contributed by atoms with E-state index in [9.17, 15) is 18.8 Å². The van der Waals surface area contributed by atoms with Crippen LogP contribution in [0.4, 0.5) is 4.39 Å². The van der Waals surface area contributed by atoms with Crippen LogP contribution in [0.5, 0.6) is 11.5 Å². The molecule has 1 aliphatic heterocycles. The zero-order chi connectivity index (χ0) is 23.8. The van der Waals surface area contributed by atoms with Gasteiger partial charge in [0.1, 0.15) is 34.8 Å². The molecule has 1 aliphatic carbocycles. The van der Waals surface area contributed by atoms with Gasteiger partial charge in [-0.1, -0.05) is 12.1 Å². The molecule has 1 amide bonds. The van der Waals surface area contributed by atoms with Crippen LogP contribution in [-0.4, -0.2) is 49.7 Å². The molecule has 2 aromatic rings. The van der Waals surface area contributed by atoms with Crippen molar-refractivity contribution in [2.24, 2.45) is 5.41 Å². The fourth-order valence-corrected chi connectivity index (χ4v) is 5.19. The second-order valence-electron chi connectivity index (χ2n) is 9.03. The van der Waals surface area contributed by atoms with E-state index in [2.05, 4.69) is 0 Å². The summed E-state index contributed by atoms with van der Waals surface area (Å²) in [6.45, 7) is 2.68. The van der Waals surface area contributed by atoms with Crippen molar-refractivity contribution in [2.45, 2.75) is 38.5 Å². The summed E-state index contributed by atoms with van der Waals surface area (Å²) >= 11 is 0. The van der Waals surface area contributed by atoms with Crippen molar-refractivity contribution in [3.8, 4) is 22.6 Å². The number of nitrogens with zero attached hydrogens (tertiary/aromatic N) is 1. The molecule has 0 bridgehead atoms. The molecule has 2 fully saturated rings. The number of carbonyl (C=O) groups is 3. The Balaban J connectivity index is 1.66. The molecule has 0 radical (unpaired) electrons. The number of hydrogen-bond acceptors (Lipinski definition) is 5. The SMILES string of the molecule is COc1cc(-c2ccc(F)cc2)cc(OC)c1C1C(=O)CC2(CCN(C(C)=O)CC2)CC1=O. The van der Waals surface area contributed by atoms with Gasteiger partial charge in [-0.3, -0.25) is 14.4 Å². The fourth-order valence-electron chi connectivity index (χ4n) is 5.19. The van der Waals surface area contributed by atoms with Crippen molar-refractivity contribution >= 4 is 17.5 Å². The second kappa shape index (κ2) is 8.96. The number of benzene rings is 2. The van der Waals surface area contributed by atoms with E-state index < -0.39 is 5.92 Å². The van der Waals surface area contributed by atoms with E-state index in [4.69, 9.17) is 9.47 Å². The Morgan fingerprint density at radius 1 is 0.939 bits per heavy atom. The Morgan fingerprint density at radius 3 is 1.91 bits per heavy atom. The molecule has 1 saturated carbocycles. The molecule has 0 unspecified atom stereocenters. The summed E-state index contributed by atoms with van der Waals surface area (Å²) in [6.07, 6.45) is 1.88. The normalized spacial score (nSPS) is 18.5. The molecular weight excluding hydrogens is 425 g/mol. The van der Waals surface area contributed by atoms with Crippen LogP contribution in [0.25, 0.3) is 11.1 Å². The van der Waals surface area contributed by atoms with Gasteiger partial charge in [0.05, 0.1) is 19.8 Å². The largest absolute Gasteiger partial charge is 0.496 e. The monoisotopic (exact) mass is 453 g/mol. The highest BCUT2D eigenvalue weighted by Gasteiger charge is 2.48. The van der Waals surface area contributed by atoms with Crippen molar-refractivity contribution < 1.29 is 28.2 Å². The van der Waals surface area contributed by atoms with Crippen LogP contribution in [0.15, 0.2) is 36.4 Å². The smallest absolute Gasteiger partial charge is 0.219 e. The van der Waals surface area contributed by atoms with Gasteiger partial charge in [-0.15, -0.1) is 0 Å². The lowest BCUT2D eigenvalue weighted by atomic mass is 9.63. The zero-order valence-electron chi connectivity index (χ0n) is 19.2. The summed E-state index contributed by atoms with van der Waals surface area (Å²) in [4.78, 5) is 40.2. The van der Waals surface area contributed by atoms with Gasteiger partial charge in [0.15, 0.2) is 0 Å². The maximum Gasteiger partial charge on any atom is 0.219 e. The average Bonchev–Trinajstić information content (AvgIpc) is 2.79. The van der Waals surface area contributed by atoms with E-state index in [1.807, 2.05) is 0 Å². The summed E-state index contributed by atoms with van der Waals surface area (Å²) in [7, 11) is 2.98. The number of piperidine rings is 1. The number of carbonyl (C=O) groups excluding carboxylic acids is 3. The van der Waals surface area contributed by atoms with Crippen molar-refractivity contribution in [3.05, 3.63) is 47.8 Å². The van der Waals surface area contributed by atoms with Crippen LogP contribution < -0.4 is 9.47 Å². The minimum Gasteiger partial charge on any atom is -0.496 e. The Bertz CT molecular complexity index is 1040. The summed E-state index contributed by atoms with van der Waals surface area (Å²) in [5, 5.41) is 0. The number of methoxy groups -OCH3 is 2. The number of halogens is 1. The maximum absolute atomic E-state index is 13.4. The molecule has 2 aromatic carbocycles. The van der Waals surface area contributed by atoms with Crippen LogP contribution in [0.3, 0.4) is 0 Å². The highest BCUT2D eigenvalue weighted by atomic mass is 19.1. The first kappa shape index (κ1) is 23.0. The quantitative estimate of drug-likeness (QED) is 0.651. The van der Waals surface area contributed by atoms with Crippen LogP contribution in [0, 0.1) is 11.2 Å². The van der Waals surface area contributed by atoms with Gasteiger partial charge in [0.25, 0.3) is 0 Å². The summed E-state index contributed by atoms with van der Waals surface area (Å²) in [6, 6.07) is 9.54. The molecule has 1 heterocycles. The van der Waals surface area contributed by atoms with Gasteiger partial charge in [0, 0.05) is 32.9 Å². The average molecular weight is 454 g/mol. The molecule has 1 saturated heterocycles. The van der Waals surface area contributed by atoms with Gasteiger partial charge in [-0.25, -0.2) is 4.39 Å². The molecule has 6 nitrogen and oxygen atoms in total. The van der Waals surface area contributed by atoms with Crippen molar-refractivity contribution in [1.82, 2.24) is 4.90 Å². The van der Waals surface area contributed by atoms with Crippen LogP contribution in [0.2, 0.25) is 0 Å². The molecule has 33 heavy (non-hydrogen) atoms. The fraction of sp³-hybridized carbons (Fsp3) is 0.423. The highest BCUT2D eigenvalue weighted by molar-refractivity contribution is 6.11. The van der Waals surface area contributed by atoms with Gasteiger partial charge < -0.3 is 14.4 Å². The molecule has 174 valence electrons. The highest BCUT2D eigenvalue weighted by Crippen LogP contribution is 2.49. The summed E-state index contributed by atoms with van der Waals surface area (Å²) in [5.41, 5.74) is 1.55. The maximum atomic E-state index is 13.4. The Kier molecular flexibility index (Phi) is 6.23. The van der Waals surface area contributed by atoms with E-state index >= 15 is 0 Å². The molecular formula is C26H28FNO5. The predicted octanol–water partition coefficient (Wildman–Crippen LogP) is 4.15. The third-order valence-corrected chi connectivity index (χ3v) is 7.02. The Labute approximate surface area is 192 Å². The Morgan fingerprint density at radius 2 is 1.45 bits per heavy atom. The standard InChI is InChI=1S/C26H28FNO5/c1-16(29)28-10-8-26(9-11-28)14-20(30)24(21(31)15-26)25-22(32-2)12-18(13-23(25)33-3)17-4-6-19(27)7-5-17/h4-7,12-13,24H,8-11,14-15H2,1-3H3. The van der Waals surface area contributed by atoms with Gasteiger partial charge in [0.2, 0.25) is 5.91 Å². The predicted molar refractivity (Wildman–Crippen MR) is 121 cm³/mol. The van der Waals surface area contributed by atoms with Gasteiger partial charge >= 0.3 is 0 Å². The lowest BCUT2D eigenvalue weighted by Gasteiger charge is -2.44. The molecule has 4 rings (SSSR count). The van der Waals surface area contributed by atoms with Gasteiger partial charge in [-0.05, 0) is 53.6 Å². The number of likely N-dealkylation sites (tertiary alicyclic amines) is 1. The van der Waals surface area contributed by atoms with Crippen molar-refractivity contribution in [2.75, 3.05) is 27.3 Å². The molecule has 0 atom stereocenters. The Hall–Kier alpha value is -3.22.